The first-order valence-corrected chi connectivity index (χ1v) is 16.6. The van der Waals surface area contributed by atoms with Crippen LogP contribution in [0.25, 0.3) is 55.9 Å². The van der Waals surface area contributed by atoms with Crippen LogP contribution in [0.2, 0.25) is 0 Å². The first kappa shape index (κ1) is 25.4. The minimum atomic E-state index is 0.701. The van der Waals surface area contributed by atoms with Crippen LogP contribution in [0.4, 0.5) is 0 Å². The Morgan fingerprint density at radius 2 is 1.51 bits per heavy atom. The first-order chi connectivity index (χ1) is 22.3. The van der Waals surface area contributed by atoms with E-state index in [0.717, 1.165) is 30.5 Å². The molecule has 1 saturated carbocycles. The second kappa shape index (κ2) is 9.81. The van der Waals surface area contributed by atoms with E-state index in [2.05, 4.69) is 124 Å². The van der Waals surface area contributed by atoms with E-state index < -0.39 is 0 Å². The molecular weight excluding hydrogens is 546 g/mol. The lowest BCUT2D eigenvalue weighted by molar-refractivity contribution is 0.336. The molecule has 3 heteroatoms. The van der Waals surface area contributed by atoms with Gasteiger partial charge in [-0.15, -0.1) is 0 Å². The summed E-state index contributed by atoms with van der Waals surface area (Å²) >= 11 is 0. The minimum Gasteiger partial charge on any atom is -0.317 e. The van der Waals surface area contributed by atoms with Gasteiger partial charge in [0.05, 0.1) is 16.6 Å². The highest BCUT2D eigenvalue weighted by Crippen LogP contribution is 2.58. The molecule has 3 nitrogen and oxygen atoms in total. The molecule has 4 unspecified atom stereocenters. The SMILES string of the molecule is C1=CCC(C2CC=C(n3c4c(c5ccccc53)C=C(c3ccc5c(c3)c3ccccc3n5-c3ccccn3)CC4)C3CC32)C=C1. The maximum absolute atomic E-state index is 4.70. The van der Waals surface area contributed by atoms with Gasteiger partial charge in [-0.3, -0.25) is 4.57 Å². The van der Waals surface area contributed by atoms with E-state index in [1.165, 1.54) is 74.4 Å². The predicted octanol–water partition coefficient (Wildman–Crippen LogP) is 10.2. The van der Waals surface area contributed by atoms with Gasteiger partial charge in [0, 0.05) is 45.2 Å². The number of hydrogen-bond acceptors (Lipinski definition) is 1. The van der Waals surface area contributed by atoms with Crippen molar-refractivity contribution in [2.75, 3.05) is 0 Å². The maximum Gasteiger partial charge on any atom is 0.137 e. The molecule has 1 fully saturated rings. The molecule has 218 valence electrons. The summed E-state index contributed by atoms with van der Waals surface area (Å²) < 4.78 is 4.98. The van der Waals surface area contributed by atoms with Gasteiger partial charge in [-0.1, -0.05) is 78.9 Å². The van der Waals surface area contributed by atoms with Crippen LogP contribution in [-0.2, 0) is 6.42 Å². The molecule has 10 rings (SSSR count). The lowest BCUT2D eigenvalue weighted by Gasteiger charge is -2.29. The molecule has 6 aromatic rings. The normalized spacial score (nSPS) is 23.6. The molecule has 0 aliphatic heterocycles. The number of rotatable bonds is 4. The Morgan fingerprint density at radius 3 is 2.36 bits per heavy atom. The van der Waals surface area contributed by atoms with Gasteiger partial charge in [-0.25, -0.2) is 4.98 Å². The number of nitrogens with zero attached hydrogens (tertiary/aromatic N) is 3. The van der Waals surface area contributed by atoms with Gasteiger partial charge in [0.25, 0.3) is 0 Å². The van der Waals surface area contributed by atoms with Crippen LogP contribution in [0.1, 0.15) is 42.5 Å². The van der Waals surface area contributed by atoms with E-state index >= 15 is 0 Å². The third kappa shape index (κ3) is 3.86. The Morgan fingerprint density at radius 1 is 0.689 bits per heavy atom. The van der Waals surface area contributed by atoms with Crippen molar-refractivity contribution in [1.29, 1.82) is 0 Å². The topological polar surface area (TPSA) is 22.8 Å². The Labute approximate surface area is 263 Å². The molecule has 0 bridgehead atoms. The fourth-order valence-corrected chi connectivity index (χ4v) is 8.93. The first-order valence-electron chi connectivity index (χ1n) is 16.6. The van der Waals surface area contributed by atoms with E-state index in [-0.39, 0.29) is 0 Å². The zero-order valence-electron chi connectivity index (χ0n) is 25.3. The number of allylic oxidation sites excluding steroid dienone is 7. The molecule has 3 heterocycles. The maximum atomic E-state index is 4.70. The van der Waals surface area contributed by atoms with Gasteiger partial charge in [-0.05, 0) is 103 Å². The van der Waals surface area contributed by atoms with Crippen molar-refractivity contribution in [2.45, 2.75) is 32.1 Å². The molecule has 0 N–H and O–H groups in total. The van der Waals surface area contributed by atoms with Gasteiger partial charge < -0.3 is 4.57 Å². The molecule has 0 saturated heterocycles. The van der Waals surface area contributed by atoms with Crippen LogP contribution in [-0.4, -0.2) is 14.1 Å². The number of aromatic nitrogens is 3. The lowest BCUT2D eigenvalue weighted by Crippen LogP contribution is -2.20. The standard InChI is InChI=1S/C42H35N3/c1-2-10-27(11-3-1)30-19-22-40(36-26-33(30)36)44-37-14-6-4-12-31(37)34-24-28(17-20-39(34)44)29-18-21-41-35(25-29)32-13-5-7-15-38(32)45(41)42-16-8-9-23-43-42/h1-10,12-16,18,21-25,27,30,33,36H,11,17,19-20,26H2. The summed E-state index contributed by atoms with van der Waals surface area (Å²) in [6.07, 6.45) is 22.2. The smallest absolute Gasteiger partial charge is 0.137 e. The Balaban J connectivity index is 1.07. The van der Waals surface area contributed by atoms with E-state index in [1.807, 2.05) is 12.3 Å². The highest BCUT2D eigenvalue weighted by molar-refractivity contribution is 6.10. The fraction of sp³-hybridized carbons (Fsp3) is 0.214. The Hall–Kier alpha value is -4.89. The van der Waals surface area contributed by atoms with Crippen molar-refractivity contribution in [1.82, 2.24) is 14.1 Å². The molecule has 3 aromatic carbocycles. The largest absolute Gasteiger partial charge is 0.317 e. The summed E-state index contributed by atoms with van der Waals surface area (Å²) in [6.45, 7) is 0. The zero-order valence-corrected chi connectivity index (χ0v) is 25.3. The predicted molar refractivity (Wildman–Crippen MR) is 187 cm³/mol. The van der Waals surface area contributed by atoms with E-state index in [9.17, 15) is 0 Å². The van der Waals surface area contributed by atoms with Crippen molar-refractivity contribution in [3.63, 3.8) is 0 Å². The summed E-state index contributed by atoms with van der Waals surface area (Å²) in [7, 11) is 0. The van der Waals surface area contributed by atoms with Crippen LogP contribution in [0.15, 0.2) is 122 Å². The summed E-state index contributed by atoms with van der Waals surface area (Å²) in [6, 6.07) is 31.0. The van der Waals surface area contributed by atoms with Crippen molar-refractivity contribution in [3.05, 3.63) is 138 Å². The molecule has 4 atom stereocenters. The molecule has 45 heavy (non-hydrogen) atoms. The Kier molecular flexibility index (Phi) is 5.54. The average Bonchev–Trinajstić information content (AvgIpc) is 3.76. The zero-order chi connectivity index (χ0) is 29.5. The molecule has 0 spiro atoms. The molecule has 0 amide bonds. The quantitative estimate of drug-likeness (QED) is 0.203. The van der Waals surface area contributed by atoms with Crippen molar-refractivity contribution in [3.8, 4) is 5.82 Å². The summed E-state index contributed by atoms with van der Waals surface area (Å²) in [5, 5.41) is 3.95. The summed E-state index contributed by atoms with van der Waals surface area (Å²) in [5.74, 6) is 3.99. The van der Waals surface area contributed by atoms with Crippen molar-refractivity contribution in [2.24, 2.45) is 23.7 Å². The lowest BCUT2D eigenvalue weighted by atomic mass is 9.78. The van der Waals surface area contributed by atoms with E-state index in [4.69, 9.17) is 4.98 Å². The van der Waals surface area contributed by atoms with Crippen LogP contribution in [0, 0.1) is 23.7 Å². The molecule has 3 aromatic heterocycles. The van der Waals surface area contributed by atoms with Crippen LogP contribution in [0.5, 0.6) is 0 Å². The van der Waals surface area contributed by atoms with Crippen LogP contribution >= 0.6 is 0 Å². The Bertz CT molecular complexity index is 2270. The number of hydrogen-bond donors (Lipinski definition) is 0. The number of fused-ring (bicyclic) bond motifs is 7. The third-order valence-corrected chi connectivity index (χ3v) is 11.1. The molecule has 0 radical (unpaired) electrons. The second-order valence-corrected chi connectivity index (χ2v) is 13.4. The minimum absolute atomic E-state index is 0.701. The monoisotopic (exact) mass is 581 g/mol. The summed E-state index contributed by atoms with van der Waals surface area (Å²) in [4.78, 5) is 4.70. The third-order valence-electron chi connectivity index (χ3n) is 11.1. The van der Waals surface area contributed by atoms with Gasteiger partial charge in [0.15, 0.2) is 0 Å². The van der Waals surface area contributed by atoms with Gasteiger partial charge in [-0.2, -0.15) is 0 Å². The molecular formula is C42H35N3. The van der Waals surface area contributed by atoms with Crippen molar-refractivity contribution >= 4 is 50.1 Å². The van der Waals surface area contributed by atoms with Crippen LogP contribution in [0.3, 0.4) is 0 Å². The second-order valence-electron chi connectivity index (χ2n) is 13.4. The number of pyridine rings is 1. The fourth-order valence-electron chi connectivity index (χ4n) is 8.93. The number of benzene rings is 3. The van der Waals surface area contributed by atoms with E-state index in [0.29, 0.717) is 11.8 Å². The van der Waals surface area contributed by atoms with Crippen molar-refractivity contribution < 1.29 is 0 Å². The summed E-state index contributed by atoms with van der Waals surface area (Å²) in [5.41, 5.74) is 11.0. The van der Waals surface area contributed by atoms with Gasteiger partial charge in [0.2, 0.25) is 0 Å². The van der Waals surface area contributed by atoms with Crippen LogP contribution < -0.4 is 0 Å². The molecule has 4 aliphatic carbocycles. The number of para-hydroxylation sites is 2. The average molecular weight is 582 g/mol. The highest BCUT2D eigenvalue weighted by atomic mass is 15.1. The van der Waals surface area contributed by atoms with E-state index in [1.54, 1.807) is 5.70 Å². The highest BCUT2D eigenvalue weighted by Gasteiger charge is 2.50. The van der Waals surface area contributed by atoms with Gasteiger partial charge in [0.1, 0.15) is 5.82 Å². The molecule has 4 aliphatic rings. The van der Waals surface area contributed by atoms with Gasteiger partial charge >= 0.3 is 0 Å².